The number of amides is 6. The average molecular weight is 1420 g/mol. The summed E-state index contributed by atoms with van der Waals surface area (Å²) in [7, 11) is 0. The summed E-state index contributed by atoms with van der Waals surface area (Å²) in [5.41, 5.74) is 4.68. The SMILES string of the molecule is CC(=O)N[C@@H]1[C@@H](O)C[C@](OCCCSCCNC(=O)c2ccc(C(=O)NCCSCCCO[C@]3(C(=O)O)C[C@H](O)[C@@H](NC(C)=O)[C@H](C(O)[C@H](O)CNC(=O)c4ccc(-c5ccccc5)cc4)O3)c(Br)c2)(C(=O)O)O[C@H]1C(O)[C@H](O)CNC(=O)c1ccc(-c2ccccc2)cc1. The van der Waals surface area contributed by atoms with Gasteiger partial charge in [-0.05, 0) is 105 Å². The molecule has 0 saturated carbocycles. The van der Waals surface area contributed by atoms with E-state index >= 15 is 0 Å². The Labute approximate surface area is 564 Å². The van der Waals surface area contributed by atoms with Gasteiger partial charge >= 0.3 is 11.9 Å². The Morgan fingerprint density at radius 2 is 0.884 bits per heavy atom. The van der Waals surface area contributed by atoms with Crippen molar-refractivity contribution in [1.29, 1.82) is 0 Å². The molecule has 0 bridgehead atoms. The van der Waals surface area contributed by atoms with Crippen LogP contribution >= 0.6 is 39.5 Å². The quantitative estimate of drug-likeness (QED) is 0.0263. The summed E-state index contributed by atoms with van der Waals surface area (Å²) in [6.07, 6.45) is -14.8. The highest BCUT2D eigenvalue weighted by Gasteiger charge is 2.57. The van der Waals surface area contributed by atoms with Crippen molar-refractivity contribution in [3.05, 3.63) is 154 Å². The molecule has 2 aliphatic heterocycles. The summed E-state index contributed by atoms with van der Waals surface area (Å²) in [6.45, 7) is 1.36. The third-order valence-electron chi connectivity index (χ3n) is 15.5. The van der Waals surface area contributed by atoms with E-state index in [1.54, 1.807) is 48.5 Å². The number of carbonyl (C=O) groups is 8. The Bertz CT molecular complexity index is 3400. The number of carboxylic acids is 2. The highest BCUT2D eigenvalue weighted by Crippen LogP contribution is 2.36. The highest BCUT2D eigenvalue weighted by molar-refractivity contribution is 9.10. The summed E-state index contributed by atoms with van der Waals surface area (Å²) in [5.74, 6) is -9.77. The van der Waals surface area contributed by atoms with Crippen molar-refractivity contribution < 1.29 is 98.2 Å². The van der Waals surface area contributed by atoms with E-state index in [2.05, 4.69) is 47.8 Å². The van der Waals surface area contributed by atoms with Crippen molar-refractivity contribution in [2.45, 2.75) is 112 Å². The maximum Gasteiger partial charge on any atom is 0.364 e. The lowest BCUT2D eigenvalue weighted by atomic mass is 9.88. The van der Waals surface area contributed by atoms with Crippen LogP contribution in [0.3, 0.4) is 0 Å². The minimum absolute atomic E-state index is 0.190. The predicted octanol–water partition coefficient (Wildman–Crippen LogP) is 2.70. The van der Waals surface area contributed by atoms with Crippen LogP contribution in [0.4, 0.5) is 0 Å². The van der Waals surface area contributed by atoms with E-state index in [9.17, 15) is 79.2 Å². The van der Waals surface area contributed by atoms with Gasteiger partial charge in [-0.1, -0.05) is 84.9 Å². The van der Waals surface area contributed by atoms with Gasteiger partial charge in [0.2, 0.25) is 11.8 Å². The van der Waals surface area contributed by atoms with Crippen LogP contribution < -0.4 is 31.9 Å². The molecule has 5 aromatic carbocycles. The van der Waals surface area contributed by atoms with Gasteiger partial charge in [-0.2, -0.15) is 23.5 Å². The number of thioether (sulfide) groups is 2. The van der Waals surface area contributed by atoms with Gasteiger partial charge < -0.3 is 91.7 Å². The number of ether oxygens (including phenoxy) is 4. The normalized spacial score (nSPS) is 22.2. The van der Waals surface area contributed by atoms with Gasteiger partial charge in [0, 0.05) is 85.5 Å². The van der Waals surface area contributed by atoms with Gasteiger partial charge in [-0.3, -0.25) is 28.8 Å². The Hall–Kier alpha value is -7.36. The van der Waals surface area contributed by atoms with Crippen LogP contribution in [0.1, 0.15) is 81.0 Å². The van der Waals surface area contributed by atoms with E-state index in [1.807, 2.05) is 60.7 Å². The zero-order chi connectivity index (χ0) is 68.8. The van der Waals surface area contributed by atoms with Crippen LogP contribution in [-0.2, 0) is 38.1 Å². The molecule has 2 saturated heterocycles. The van der Waals surface area contributed by atoms with Crippen LogP contribution in [0.15, 0.2) is 132 Å². The van der Waals surface area contributed by atoms with Gasteiger partial charge in [0.15, 0.2) is 0 Å². The zero-order valence-electron chi connectivity index (χ0n) is 52.0. The van der Waals surface area contributed by atoms with Crippen LogP contribution in [0.2, 0.25) is 0 Å². The Kier molecular flexibility index (Phi) is 28.5. The molecule has 6 amide bonds. The molecule has 26 nitrogen and oxygen atoms in total. The summed E-state index contributed by atoms with van der Waals surface area (Å²) in [6, 6.07) is 34.1. The number of aliphatic hydroxyl groups is 6. The molecule has 12 atom stereocenters. The fraction of sp³-hybridized carbons (Fsp3) is 0.424. The third-order valence-corrected chi connectivity index (χ3v) is 18.3. The van der Waals surface area contributed by atoms with Crippen LogP contribution in [0, 0.1) is 0 Å². The zero-order valence-corrected chi connectivity index (χ0v) is 55.2. The number of hydrogen-bond acceptors (Lipinski definition) is 20. The molecule has 0 spiro atoms. The maximum absolute atomic E-state index is 13.1. The van der Waals surface area contributed by atoms with Gasteiger partial charge in [0.05, 0.1) is 55.3 Å². The van der Waals surface area contributed by atoms with Crippen molar-refractivity contribution in [3.8, 4) is 22.3 Å². The third kappa shape index (κ3) is 21.1. The van der Waals surface area contributed by atoms with E-state index in [0.717, 1.165) is 36.1 Å². The monoisotopic (exact) mass is 1420 g/mol. The summed E-state index contributed by atoms with van der Waals surface area (Å²) >= 11 is 6.21. The summed E-state index contributed by atoms with van der Waals surface area (Å²) in [5, 5.41) is 103. The molecular formula is C66H79BrN6O20S2. The first-order chi connectivity index (χ1) is 45.4. The second-order valence-corrected chi connectivity index (χ2v) is 25.8. The number of halogens is 1. The van der Waals surface area contributed by atoms with Gasteiger partial charge in [0.25, 0.3) is 35.2 Å². The van der Waals surface area contributed by atoms with Gasteiger partial charge in [-0.15, -0.1) is 0 Å². The maximum atomic E-state index is 13.1. The van der Waals surface area contributed by atoms with Crippen LogP contribution in [-0.4, -0.2) is 223 Å². The molecule has 2 aliphatic rings. The number of aliphatic hydroxyl groups excluding tert-OH is 6. The van der Waals surface area contributed by atoms with Crippen molar-refractivity contribution in [2.24, 2.45) is 0 Å². The first-order valence-electron chi connectivity index (χ1n) is 30.5. The second-order valence-electron chi connectivity index (χ2n) is 22.5. The first kappa shape index (κ1) is 75.0. The number of nitrogens with one attached hydrogen (secondary N) is 6. The molecule has 0 radical (unpaired) electrons. The molecule has 0 aliphatic carbocycles. The number of benzene rings is 5. The lowest BCUT2D eigenvalue weighted by molar-refractivity contribution is -0.310. The molecule has 2 unspecified atom stereocenters. The van der Waals surface area contributed by atoms with Crippen LogP contribution in [0.25, 0.3) is 22.3 Å². The first-order valence-corrected chi connectivity index (χ1v) is 33.6. The number of carbonyl (C=O) groups excluding carboxylic acids is 6. The van der Waals surface area contributed by atoms with Crippen molar-refractivity contribution in [3.63, 3.8) is 0 Å². The van der Waals surface area contributed by atoms with E-state index in [1.165, 1.54) is 41.7 Å². The largest absolute Gasteiger partial charge is 0.477 e. The smallest absolute Gasteiger partial charge is 0.364 e. The molecule has 14 N–H and O–H groups in total. The minimum Gasteiger partial charge on any atom is -0.477 e. The molecule has 2 fully saturated rings. The topological polar surface area (TPSA) is 408 Å². The van der Waals surface area contributed by atoms with Crippen LogP contribution in [0.5, 0.6) is 0 Å². The minimum atomic E-state index is -2.50. The van der Waals surface area contributed by atoms with E-state index in [4.69, 9.17) is 18.9 Å². The lowest BCUT2D eigenvalue weighted by Crippen LogP contribution is -2.68. The molecule has 29 heteroatoms. The van der Waals surface area contributed by atoms with Gasteiger partial charge in [0.1, 0.15) is 24.4 Å². The van der Waals surface area contributed by atoms with E-state index in [-0.39, 0.29) is 61.4 Å². The van der Waals surface area contributed by atoms with Gasteiger partial charge in [-0.25, -0.2) is 9.59 Å². The number of rotatable bonds is 34. The molecular weight excluding hydrogens is 1340 g/mol. The highest BCUT2D eigenvalue weighted by atomic mass is 79.9. The molecule has 512 valence electrons. The second kappa shape index (κ2) is 36.1. The molecule has 5 aromatic rings. The Morgan fingerprint density at radius 3 is 1.26 bits per heavy atom. The van der Waals surface area contributed by atoms with E-state index in [0.29, 0.717) is 27.5 Å². The molecule has 7 rings (SSSR count). The summed E-state index contributed by atoms with van der Waals surface area (Å²) < 4.78 is 23.5. The number of carboxylic acid groups (broad SMARTS) is 2. The molecule has 2 heterocycles. The Morgan fingerprint density at radius 1 is 0.516 bits per heavy atom. The summed E-state index contributed by atoms with van der Waals surface area (Å²) in [4.78, 5) is 102. The van der Waals surface area contributed by atoms with Crippen molar-refractivity contribution in [2.75, 3.05) is 62.4 Å². The lowest BCUT2D eigenvalue weighted by Gasteiger charge is -2.46. The fourth-order valence-corrected chi connectivity index (χ4v) is 12.7. The molecule has 95 heavy (non-hydrogen) atoms. The van der Waals surface area contributed by atoms with Crippen molar-refractivity contribution >= 4 is 86.8 Å². The van der Waals surface area contributed by atoms with Crippen molar-refractivity contribution in [1.82, 2.24) is 31.9 Å². The standard InChI is InChI=1S/C66H79BrN6O20S2/c1-38(74)72-53-49(76)34-65(63(86)87,92-57(53)55(80)51(78)36-70-59(82)44-19-15-42(16-20-44)40-11-5-3-6-12-40)90-27-9-29-94-31-25-68-61(84)46-23-24-47(48(67)33-46)62(85)69-26-32-95-30-10-28-91-66(64(88)89)35-50(77)54(73-39(2)75)58(93-66)56(81)52(79)37-71-60(83)45-21-17-43(18-22-45)41-13-7-4-8-14-41/h3-8,11-24,33,49-58,76-81H,9-10,25-32,34-37H2,1-2H3,(H,68,84)(H,69,85)(H,70,82)(H,71,83)(H,72,74)(H,73,75)(H,86,87)(H,88,89)/t49-,50-,51+,52+,53+,54+,55?,56?,57+,58+,65+,66+/m0/s1. The average Bonchev–Trinajstić information content (AvgIpc) is 0.781. The Balaban J connectivity index is 0.784. The van der Waals surface area contributed by atoms with E-state index < -0.39 is 146 Å². The fourth-order valence-electron chi connectivity index (χ4n) is 10.6. The number of hydrogen-bond donors (Lipinski definition) is 14. The number of aliphatic carboxylic acids is 2. The molecule has 0 aromatic heterocycles. The predicted molar refractivity (Wildman–Crippen MR) is 354 cm³/mol.